The van der Waals surface area contributed by atoms with Crippen LogP contribution in [-0.4, -0.2) is 91.5 Å². The van der Waals surface area contributed by atoms with Crippen LogP contribution < -0.4 is 22.9 Å². The Balaban J connectivity index is 0. The number of hydrogen-bond donors (Lipinski definition) is 8. The van der Waals surface area contributed by atoms with Crippen LogP contribution in [0.3, 0.4) is 0 Å². The van der Waals surface area contributed by atoms with Crippen LogP contribution >= 0.6 is 23.5 Å². The van der Waals surface area contributed by atoms with Gasteiger partial charge in [0.2, 0.25) is 0 Å². The molecule has 0 aromatic carbocycles. The molecule has 12 nitrogen and oxygen atoms in total. The lowest BCUT2D eigenvalue weighted by Crippen LogP contribution is -2.36. The van der Waals surface area contributed by atoms with E-state index in [2.05, 4.69) is 0 Å². The molecule has 0 rings (SSSR count). The van der Waals surface area contributed by atoms with Crippen molar-refractivity contribution in [2.45, 2.75) is 24.2 Å². The van der Waals surface area contributed by atoms with Crippen LogP contribution in [0.25, 0.3) is 0 Å². The molecule has 152 valence electrons. The van der Waals surface area contributed by atoms with E-state index >= 15 is 0 Å². The van der Waals surface area contributed by atoms with Gasteiger partial charge in [0.25, 0.3) is 0 Å². The van der Waals surface area contributed by atoms with Crippen LogP contribution in [0.2, 0.25) is 0 Å². The summed E-state index contributed by atoms with van der Waals surface area (Å²) < 4.78 is 0. The standard InChI is InChI=1S/2C6H12N2O4S/c2*7-3(5(9)10)1-13-2-4(8)6(11)12/h2*3-4H,1-2,7-8H2,(H,9,10)(H,11,12)/t2*3-,4-/m00/s1. The van der Waals surface area contributed by atoms with Gasteiger partial charge in [-0.25, -0.2) is 0 Å². The van der Waals surface area contributed by atoms with E-state index in [0.717, 1.165) is 23.5 Å². The number of hydrogen-bond acceptors (Lipinski definition) is 10. The number of carboxylic acids is 4. The molecule has 0 aliphatic heterocycles. The maximum Gasteiger partial charge on any atom is 0.321 e. The number of thioether (sulfide) groups is 2. The molecule has 0 radical (unpaired) electrons. The molecule has 0 saturated carbocycles. The average molecular weight is 416 g/mol. The number of nitrogens with two attached hydrogens (primary N) is 4. The molecule has 0 aromatic rings. The summed E-state index contributed by atoms with van der Waals surface area (Å²) in [7, 11) is 0. The monoisotopic (exact) mass is 416 g/mol. The third-order valence-corrected chi connectivity index (χ3v) is 4.84. The molecule has 14 heteroatoms. The van der Waals surface area contributed by atoms with Crippen LogP contribution in [0, 0.1) is 0 Å². The number of carboxylic acid groups (broad SMARTS) is 4. The number of aliphatic carboxylic acids is 4. The summed E-state index contributed by atoms with van der Waals surface area (Å²) in [5, 5.41) is 33.5. The summed E-state index contributed by atoms with van der Waals surface area (Å²) in [5.41, 5.74) is 20.7. The zero-order valence-corrected chi connectivity index (χ0v) is 15.3. The minimum absolute atomic E-state index is 0.163. The first kappa shape index (κ1) is 26.6. The highest BCUT2D eigenvalue weighted by molar-refractivity contribution is 7.99. The summed E-state index contributed by atoms with van der Waals surface area (Å²) in [5.74, 6) is -3.75. The molecule has 0 amide bonds. The zero-order chi connectivity index (χ0) is 20.9. The molecular weight excluding hydrogens is 392 g/mol. The van der Waals surface area contributed by atoms with Crippen LogP contribution in [0.1, 0.15) is 0 Å². The number of carbonyl (C=O) groups is 4. The fourth-order valence-electron chi connectivity index (χ4n) is 0.929. The normalized spacial score (nSPS) is 14.9. The molecule has 0 saturated heterocycles. The number of rotatable bonds is 12. The Kier molecular flexibility index (Phi) is 14.9. The van der Waals surface area contributed by atoms with Gasteiger partial charge < -0.3 is 43.4 Å². The van der Waals surface area contributed by atoms with Crippen molar-refractivity contribution < 1.29 is 39.6 Å². The molecule has 0 aliphatic carbocycles. The van der Waals surface area contributed by atoms with Crippen molar-refractivity contribution in [3.63, 3.8) is 0 Å². The predicted octanol–water partition coefficient (Wildman–Crippen LogP) is -2.91. The Morgan fingerprint density at radius 3 is 0.808 bits per heavy atom. The van der Waals surface area contributed by atoms with Gasteiger partial charge in [0.05, 0.1) is 0 Å². The van der Waals surface area contributed by atoms with Gasteiger partial charge in [-0.05, 0) is 0 Å². The van der Waals surface area contributed by atoms with Gasteiger partial charge in [0.15, 0.2) is 0 Å². The maximum atomic E-state index is 10.2. The van der Waals surface area contributed by atoms with Gasteiger partial charge >= 0.3 is 23.9 Å². The van der Waals surface area contributed by atoms with Crippen molar-refractivity contribution in [2.24, 2.45) is 22.9 Å². The largest absolute Gasteiger partial charge is 0.480 e. The minimum atomic E-state index is -1.10. The Labute approximate surface area is 157 Å². The van der Waals surface area contributed by atoms with Gasteiger partial charge in [-0.1, -0.05) is 0 Å². The van der Waals surface area contributed by atoms with Gasteiger partial charge in [-0.2, -0.15) is 23.5 Å². The van der Waals surface area contributed by atoms with Crippen molar-refractivity contribution in [3.05, 3.63) is 0 Å². The molecule has 4 atom stereocenters. The maximum absolute atomic E-state index is 10.2. The molecule has 0 aromatic heterocycles. The minimum Gasteiger partial charge on any atom is -0.480 e. The average Bonchev–Trinajstić information content (AvgIpc) is 2.54. The fourth-order valence-corrected chi connectivity index (χ4v) is 2.79. The van der Waals surface area contributed by atoms with E-state index in [4.69, 9.17) is 43.4 Å². The molecule has 0 bridgehead atoms. The second-order valence-electron chi connectivity index (χ2n) is 4.85. The highest BCUT2D eigenvalue weighted by Crippen LogP contribution is 2.04. The van der Waals surface area contributed by atoms with Gasteiger partial charge in [-0.15, -0.1) is 0 Å². The first-order valence-corrected chi connectivity index (χ1v) is 9.30. The Morgan fingerprint density at radius 1 is 0.538 bits per heavy atom. The SMILES string of the molecule is N[C@@H](CSC[C@H](N)C(=O)O)C(=O)O.N[C@@H](CSC[C@H](N)C(=O)O)C(=O)O. The second-order valence-corrected chi connectivity index (χ2v) is 7.00. The van der Waals surface area contributed by atoms with E-state index in [1.54, 1.807) is 0 Å². The summed E-state index contributed by atoms with van der Waals surface area (Å²) in [6.45, 7) is 0. The third-order valence-electron chi connectivity index (χ3n) is 2.46. The fraction of sp³-hybridized carbons (Fsp3) is 0.667. The van der Waals surface area contributed by atoms with Crippen LogP contribution in [0.5, 0.6) is 0 Å². The first-order valence-electron chi connectivity index (χ1n) is 6.99. The summed E-state index contributed by atoms with van der Waals surface area (Å²) in [4.78, 5) is 40.9. The smallest absolute Gasteiger partial charge is 0.321 e. The summed E-state index contributed by atoms with van der Waals surface area (Å²) in [6.07, 6.45) is 0. The van der Waals surface area contributed by atoms with Crippen molar-refractivity contribution in [1.82, 2.24) is 0 Å². The molecule has 0 heterocycles. The van der Waals surface area contributed by atoms with Crippen molar-refractivity contribution in [3.8, 4) is 0 Å². The van der Waals surface area contributed by atoms with Crippen LogP contribution in [0.4, 0.5) is 0 Å². The van der Waals surface area contributed by atoms with Crippen molar-refractivity contribution in [1.29, 1.82) is 0 Å². The van der Waals surface area contributed by atoms with Gasteiger partial charge in [0.1, 0.15) is 24.2 Å². The van der Waals surface area contributed by atoms with Crippen molar-refractivity contribution >= 4 is 47.4 Å². The second kappa shape index (κ2) is 14.6. The highest BCUT2D eigenvalue weighted by atomic mass is 32.2. The van der Waals surface area contributed by atoms with E-state index < -0.39 is 48.0 Å². The molecule has 26 heavy (non-hydrogen) atoms. The lowest BCUT2D eigenvalue weighted by Gasteiger charge is -2.07. The Hall–Kier alpha value is -1.58. The van der Waals surface area contributed by atoms with Crippen LogP contribution in [-0.2, 0) is 19.2 Å². The quantitative estimate of drug-likeness (QED) is 0.159. The van der Waals surface area contributed by atoms with Gasteiger partial charge in [0, 0.05) is 23.0 Å². The van der Waals surface area contributed by atoms with E-state index in [9.17, 15) is 19.2 Å². The topological polar surface area (TPSA) is 253 Å². The van der Waals surface area contributed by atoms with E-state index in [1.165, 1.54) is 0 Å². The van der Waals surface area contributed by atoms with E-state index in [1.807, 2.05) is 0 Å². The van der Waals surface area contributed by atoms with E-state index in [0.29, 0.717) is 0 Å². The Morgan fingerprint density at radius 2 is 0.692 bits per heavy atom. The van der Waals surface area contributed by atoms with Crippen LogP contribution in [0.15, 0.2) is 0 Å². The predicted molar refractivity (Wildman–Crippen MR) is 97.1 cm³/mol. The zero-order valence-electron chi connectivity index (χ0n) is 13.7. The first-order chi connectivity index (χ1) is 11.9. The lowest BCUT2D eigenvalue weighted by molar-refractivity contribution is -0.139. The summed E-state index contributed by atoms with van der Waals surface area (Å²) >= 11 is 2.23. The van der Waals surface area contributed by atoms with Gasteiger partial charge in [-0.3, -0.25) is 19.2 Å². The molecule has 0 unspecified atom stereocenters. The molecule has 0 fully saturated rings. The third kappa shape index (κ3) is 14.7. The van der Waals surface area contributed by atoms with Crippen molar-refractivity contribution in [2.75, 3.05) is 23.0 Å². The highest BCUT2D eigenvalue weighted by Gasteiger charge is 2.16. The lowest BCUT2D eigenvalue weighted by atomic mass is 10.4. The molecule has 0 spiro atoms. The Bertz CT molecular complexity index is 400. The molecule has 0 aliphatic rings. The van der Waals surface area contributed by atoms with E-state index in [-0.39, 0.29) is 23.0 Å². The summed E-state index contributed by atoms with van der Waals surface area (Å²) in [6, 6.07) is -3.87. The molecule has 12 N–H and O–H groups in total. The molecular formula is C12H24N4O8S2.